The normalized spacial score (nSPS) is 11.5. The van der Waals surface area contributed by atoms with Crippen LogP contribution in [-0.2, 0) is 19.5 Å². The van der Waals surface area contributed by atoms with Crippen LogP contribution in [0.1, 0.15) is 11.3 Å². The van der Waals surface area contributed by atoms with Crippen molar-refractivity contribution in [2.24, 2.45) is 0 Å². The van der Waals surface area contributed by atoms with E-state index in [4.69, 9.17) is 15.2 Å². The minimum Gasteiger partial charge on any atom is -0.460 e. The molecule has 42 heavy (non-hydrogen) atoms. The Morgan fingerprint density at radius 2 is 1.76 bits per heavy atom. The second kappa shape index (κ2) is 10.4. The van der Waals surface area contributed by atoms with E-state index in [9.17, 15) is 9.18 Å². The third-order valence-electron chi connectivity index (χ3n) is 7.19. The number of anilines is 1. The van der Waals surface area contributed by atoms with Crippen LogP contribution >= 0.6 is 0 Å². The van der Waals surface area contributed by atoms with Gasteiger partial charge in [-0.1, -0.05) is 54.6 Å². The van der Waals surface area contributed by atoms with Crippen molar-refractivity contribution in [3.8, 4) is 22.4 Å². The maximum Gasteiger partial charge on any atom is 0.200 e. The summed E-state index contributed by atoms with van der Waals surface area (Å²) < 4.78 is 24.0. The van der Waals surface area contributed by atoms with Crippen LogP contribution in [0, 0.1) is 5.82 Å². The summed E-state index contributed by atoms with van der Waals surface area (Å²) in [5.74, 6) is 0.288. The van der Waals surface area contributed by atoms with E-state index in [0.29, 0.717) is 69.9 Å². The minimum atomic E-state index is -0.436. The molecule has 0 aliphatic heterocycles. The van der Waals surface area contributed by atoms with Crippen LogP contribution in [-0.4, -0.2) is 29.5 Å². The lowest BCUT2D eigenvalue weighted by molar-refractivity contribution is 0.504. The first-order valence-corrected chi connectivity index (χ1v) is 13.4. The first kappa shape index (κ1) is 25.3. The molecule has 0 saturated heterocycles. The molecular weight excluding hydrogens is 533 g/mol. The van der Waals surface area contributed by atoms with E-state index in [1.54, 1.807) is 41.2 Å². The number of aromatic nitrogens is 6. The second-order valence-corrected chi connectivity index (χ2v) is 9.93. The van der Waals surface area contributed by atoms with Gasteiger partial charge in [-0.2, -0.15) is 10.2 Å². The Balaban J connectivity index is 1.28. The van der Waals surface area contributed by atoms with E-state index in [-0.39, 0.29) is 5.43 Å². The molecule has 4 aromatic heterocycles. The van der Waals surface area contributed by atoms with Crippen LogP contribution in [0.4, 0.5) is 10.2 Å². The monoisotopic (exact) mass is 557 g/mol. The Labute approximate surface area is 238 Å². The summed E-state index contributed by atoms with van der Waals surface area (Å²) in [5, 5.41) is 10.4. The first-order valence-electron chi connectivity index (χ1n) is 13.4. The van der Waals surface area contributed by atoms with Gasteiger partial charge >= 0.3 is 0 Å². The van der Waals surface area contributed by atoms with Crippen LogP contribution in [0.3, 0.4) is 0 Å². The van der Waals surface area contributed by atoms with Gasteiger partial charge in [-0.05, 0) is 35.4 Å². The molecule has 3 aromatic carbocycles. The third-order valence-corrected chi connectivity index (χ3v) is 7.19. The standard InChI is InChI=1S/C32H24FN7O2/c33-23-10-6-9-21(15-23)27-26(42-25-12-5-4-11-24(25)30(27)41)13-14-40-32-28(31(34)35-19-36-32)29(38-40)22-16-37-39(18-22)17-20-7-2-1-3-8-20/h1-12,15-16,18-19H,13-14,17H2,(H2,34,35,36). The average molecular weight is 558 g/mol. The lowest BCUT2D eigenvalue weighted by Gasteiger charge is -2.11. The van der Waals surface area contributed by atoms with Crippen LogP contribution in [0.2, 0.25) is 0 Å². The number of aryl methyl sites for hydroxylation is 2. The molecule has 0 amide bonds. The zero-order valence-corrected chi connectivity index (χ0v) is 22.3. The molecule has 0 atom stereocenters. The SMILES string of the molecule is Nc1ncnc2c1c(-c1cnn(Cc3ccccc3)c1)nn2CCc1oc2ccccc2c(=O)c1-c1cccc(F)c1. The van der Waals surface area contributed by atoms with Crippen LogP contribution in [0.25, 0.3) is 44.4 Å². The van der Waals surface area contributed by atoms with Crippen molar-refractivity contribution in [1.29, 1.82) is 0 Å². The second-order valence-electron chi connectivity index (χ2n) is 9.93. The highest BCUT2D eigenvalue weighted by Crippen LogP contribution is 2.31. The predicted octanol–water partition coefficient (Wildman–Crippen LogP) is 5.48. The van der Waals surface area contributed by atoms with Gasteiger partial charge in [0.05, 0.1) is 35.6 Å². The van der Waals surface area contributed by atoms with E-state index in [2.05, 4.69) is 15.1 Å². The van der Waals surface area contributed by atoms with E-state index in [0.717, 1.165) is 11.1 Å². The quantitative estimate of drug-likeness (QED) is 0.276. The highest BCUT2D eigenvalue weighted by molar-refractivity contribution is 5.98. The van der Waals surface area contributed by atoms with Crippen molar-refractivity contribution >= 4 is 27.8 Å². The Bertz CT molecular complexity index is 2130. The molecule has 0 unspecified atom stereocenters. The highest BCUT2D eigenvalue weighted by atomic mass is 19.1. The fourth-order valence-corrected chi connectivity index (χ4v) is 5.24. The topological polar surface area (TPSA) is 118 Å². The van der Waals surface area contributed by atoms with Crippen LogP contribution < -0.4 is 11.2 Å². The molecule has 10 heteroatoms. The van der Waals surface area contributed by atoms with Gasteiger partial charge < -0.3 is 10.2 Å². The van der Waals surface area contributed by atoms with Gasteiger partial charge in [0.15, 0.2) is 5.65 Å². The van der Waals surface area contributed by atoms with Crippen molar-refractivity contribution in [1.82, 2.24) is 29.5 Å². The Morgan fingerprint density at radius 1 is 0.929 bits per heavy atom. The number of fused-ring (bicyclic) bond motifs is 2. The van der Waals surface area contributed by atoms with Crippen molar-refractivity contribution < 1.29 is 8.81 Å². The molecule has 206 valence electrons. The van der Waals surface area contributed by atoms with Crippen molar-refractivity contribution in [2.45, 2.75) is 19.5 Å². The molecule has 0 bridgehead atoms. The predicted molar refractivity (Wildman–Crippen MR) is 158 cm³/mol. The summed E-state index contributed by atoms with van der Waals surface area (Å²) in [6.45, 7) is 0.921. The Hall–Kier alpha value is -5.64. The van der Waals surface area contributed by atoms with Crippen molar-refractivity contribution in [3.63, 3.8) is 0 Å². The number of benzene rings is 3. The van der Waals surface area contributed by atoms with Gasteiger partial charge in [-0.3, -0.25) is 9.48 Å². The number of nitrogens with two attached hydrogens (primary N) is 1. The summed E-state index contributed by atoms with van der Waals surface area (Å²) in [6.07, 6.45) is 5.34. The number of nitrogen functional groups attached to an aromatic ring is 1. The summed E-state index contributed by atoms with van der Waals surface area (Å²) in [6, 6.07) is 23.0. The number of rotatable bonds is 7. The van der Waals surface area contributed by atoms with E-state index in [1.165, 1.54) is 18.5 Å². The lowest BCUT2D eigenvalue weighted by Crippen LogP contribution is -2.12. The molecule has 7 rings (SSSR count). The summed E-state index contributed by atoms with van der Waals surface area (Å²) >= 11 is 0. The molecule has 7 aromatic rings. The molecule has 2 N–H and O–H groups in total. The molecule has 0 fully saturated rings. The van der Waals surface area contributed by atoms with Gasteiger partial charge in [-0.25, -0.2) is 19.0 Å². The molecule has 0 aliphatic carbocycles. The van der Waals surface area contributed by atoms with Gasteiger partial charge in [0.25, 0.3) is 0 Å². The highest BCUT2D eigenvalue weighted by Gasteiger charge is 2.21. The fourth-order valence-electron chi connectivity index (χ4n) is 5.24. The maximum absolute atomic E-state index is 14.2. The largest absolute Gasteiger partial charge is 0.460 e. The zero-order valence-electron chi connectivity index (χ0n) is 22.3. The van der Waals surface area contributed by atoms with Crippen LogP contribution in [0.5, 0.6) is 0 Å². The minimum absolute atomic E-state index is 0.221. The van der Waals surface area contributed by atoms with Crippen molar-refractivity contribution in [3.05, 3.63) is 125 Å². The van der Waals surface area contributed by atoms with Gasteiger partial charge in [0.2, 0.25) is 5.43 Å². The Morgan fingerprint density at radius 3 is 2.62 bits per heavy atom. The smallest absolute Gasteiger partial charge is 0.200 e. The molecule has 0 saturated carbocycles. The molecule has 0 aliphatic rings. The van der Waals surface area contributed by atoms with E-state index in [1.807, 2.05) is 47.3 Å². The number of hydrogen-bond acceptors (Lipinski definition) is 7. The molecule has 0 radical (unpaired) electrons. The average Bonchev–Trinajstić information content (AvgIpc) is 3.62. The maximum atomic E-state index is 14.2. The zero-order chi connectivity index (χ0) is 28.6. The van der Waals surface area contributed by atoms with E-state index < -0.39 is 5.82 Å². The number of nitrogens with zero attached hydrogens (tertiary/aromatic N) is 6. The van der Waals surface area contributed by atoms with Crippen molar-refractivity contribution in [2.75, 3.05) is 5.73 Å². The van der Waals surface area contributed by atoms with Gasteiger partial charge in [0.1, 0.15) is 35.0 Å². The van der Waals surface area contributed by atoms with E-state index >= 15 is 0 Å². The fraction of sp³-hybridized carbons (Fsp3) is 0.0938. The third kappa shape index (κ3) is 4.58. The van der Waals surface area contributed by atoms with Crippen LogP contribution in [0.15, 0.2) is 107 Å². The number of hydrogen-bond donors (Lipinski definition) is 1. The summed E-state index contributed by atoms with van der Waals surface area (Å²) in [7, 11) is 0. The first-order chi connectivity index (χ1) is 20.5. The summed E-state index contributed by atoms with van der Waals surface area (Å²) in [4.78, 5) is 22.3. The lowest BCUT2D eigenvalue weighted by atomic mass is 10.0. The number of para-hydroxylation sites is 1. The Kier molecular flexibility index (Phi) is 6.27. The molecule has 4 heterocycles. The summed E-state index contributed by atoms with van der Waals surface area (Å²) in [5.41, 5.74) is 10.4. The van der Waals surface area contributed by atoms with Gasteiger partial charge in [-0.15, -0.1) is 0 Å². The number of halogens is 1. The molecule has 9 nitrogen and oxygen atoms in total. The molecular formula is C32H24FN7O2. The molecule has 0 spiro atoms. The van der Waals surface area contributed by atoms with Gasteiger partial charge in [0, 0.05) is 18.2 Å².